The number of benzene rings is 1. The molecule has 0 spiro atoms. The Bertz CT molecular complexity index is 628. The third-order valence-electron chi connectivity index (χ3n) is 4.90. The zero-order chi connectivity index (χ0) is 17.7. The Morgan fingerprint density at radius 1 is 1.25 bits per heavy atom. The second-order valence-electron chi connectivity index (χ2n) is 6.60. The number of hydrogen-bond acceptors (Lipinski definition) is 5. The molecule has 0 saturated heterocycles. The van der Waals surface area contributed by atoms with E-state index in [0.717, 1.165) is 0 Å². The summed E-state index contributed by atoms with van der Waals surface area (Å²) in [6, 6.07) is 8.24. The zero-order valence-corrected chi connectivity index (χ0v) is 14.5. The van der Waals surface area contributed by atoms with E-state index in [1.165, 1.54) is 0 Å². The first kappa shape index (κ1) is 19.1. The molecule has 0 heterocycles. The van der Waals surface area contributed by atoms with Gasteiger partial charge in [-0.25, -0.2) is 8.42 Å². The summed E-state index contributed by atoms with van der Waals surface area (Å²) in [5.74, 6) is -0.730. The topological polar surface area (TPSA) is 94.8 Å². The SMILES string of the molecule is C=CC[C@@H]1C[C@H](C[C@H](O)CO)[C@H](O)[C@H]1CS(=O)(=O)c1ccccc1. The van der Waals surface area contributed by atoms with E-state index < -0.39 is 28.0 Å². The fourth-order valence-electron chi connectivity index (χ4n) is 3.69. The van der Waals surface area contributed by atoms with Gasteiger partial charge in [-0.15, -0.1) is 6.58 Å². The normalized spacial score (nSPS) is 28.6. The first-order valence-electron chi connectivity index (χ1n) is 8.24. The molecule has 1 aliphatic rings. The average Bonchev–Trinajstić information content (AvgIpc) is 2.84. The quantitative estimate of drug-likeness (QED) is 0.613. The van der Waals surface area contributed by atoms with Crippen LogP contribution < -0.4 is 0 Å². The Morgan fingerprint density at radius 3 is 2.50 bits per heavy atom. The Kier molecular flexibility index (Phi) is 6.57. The molecular formula is C18H26O5S. The second kappa shape index (κ2) is 8.25. The average molecular weight is 354 g/mol. The highest BCUT2D eigenvalue weighted by molar-refractivity contribution is 7.91. The molecule has 1 aromatic rings. The molecule has 0 radical (unpaired) electrons. The van der Waals surface area contributed by atoms with Gasteiger partial charge in [0.15, 0.2) is 9.84 Å². The summed E-state index contributed by atoms with van der Waals surface area (Å²) in [5, 5.41) is 29.3. The summed E-state index contributed by atoms with van der Waals surface area (Å²) in [7, 11) is -3.49. The minimum absolute atomic E-state index is 0.00637. The minimum Gasteiger partial charge on any atom is -0.394 e. The van der Waals surface area contributed by atoms with E-state index in [9.17, 15) is 18.6 Å². The lowest BCUT2D eigenvalue weighted by Gasteiger charge is -2.23. The van der Waals surface area contributed by atoms with Gasteiger partial charge in [0.1, 0.15) is 0 Å². The number of aliphatic hydroxyl groups excluding tert-OH is 3. The molecule has 1 fully saturated rings. The number of rotatable bonds is 8. The van der Waals surface area contributed by atoms with Crippen molar-refractivity contribution in [1.29, 1.82) is 0 Å². The van der Waals surface area contributed by atoms with Crippen LogP contribution in [0, 0.1) is 17.8 Å². The lowest BCUT2D eigenvalue weighted by molar-refractivity contribution is 0.0354. The van der Waals surface area contributed by atoms with Crippen molar-refractivity contribution in [1.82, 2.24) is 0 Å². The third kappa shape index (κ3) is 4.45. The largest absolute Gasteiger partial charge is 0.394 e. The van der Waals surface area contributed by atoms with Gasteiger partial charge in [0.2, 0.25) is 0 Å². The Morgan fingerprint density at radius 2 is 1.92 bits per heavy atom. The van der Waals surface area contributed by atoms with E-state index in [1.807, 2.05) is 0 Å². The van der Waals surface area contributed by atoms with Gasteiger partial charge in [0.25, 0.3) is 0 Å². The van der Waals surface area contributed by atoms with Crippen LogP contribution >= 0.6 is 0 Å². The van der Waals surface area contributed by atoms with Crippen molar-refractivity contribution in [2.24, 2.45) is 17.8 Å². The van der Waals surface area contributed by atoms with Gasteiger partial charge in [-0.1, -0.05) is 24.3 Å². The lowest BCUT2D eigenvalue weighted by atomic mass is 9.93. The van der Waals surface area contributed by atoms with E-state index in [-0.39, 0.29) is 35.5 Å². The maximum atomic E-state index is 12.6. The predicted octanol–water partition coefficient (Wildman–Crippen LogP) is 1.39. The van der Waals surface area contributed by atoms with E-state index in [1.54, 1.807) is 36.4 Å². The third-order valence-corrected chi connectivity index (χ3v) is 6.72. The lowest BCUT2D eigenvalue weighted by Crippen LogP contribution is -2.31. The standard InChI is InChI=1S/C18H26O5S/c1-2-6-13-9-14(10-15(20)11-19)18(21)17(13)12-24(22,23)16-7-4-3-5-8-16/h2-5,7-8,13-15,17-21H,1,6,9-12H2/t13-,14-,15+,17+,18+/m1/s1. The van der Waals surface area contributed by atoms with Gasteiger partial charge in [-0.3, -0.25) is 0 Å². The maximum Gasteiger partial charge on any atom is 0.178 e. The first-order valence-corrected chi connectivity index (χ1v) is 9.90. The molecule has 0 unspecified atom stereocenters. The van der Waals surface area contributed by atoms with Crippen LogP contribution in [0.4, 0.5) is 0 Å². The Labute approximate surface area is 143 Å². The molecule has 0 aromatic heterocycles. The van der Waals surface area contributed by atoms with Crippen molar-refractivity contribution < 1.29 is 23.7 Å². The number of allylic oxidation sites excluding steroid dienone is 1. The molecule has 3 N–H and O–H groups in total. The summed E-state index contributed by atoms with van der Waals surface area (Å²) < 4.78 is 25.3. The maximum absolute atomic E-state index is 12.6. The van der Waals surface area contributed by atoms with Gasteiger partial charge >= 0.3 is 0 Å². The van der Waals surface area contributed by atoms with Crippen molar-refractivity contribution in [3.05, 3.63) is 43.0 Å². The summed E-state index contributed by atoms with van der Waals surface area (Å²) in [5.41, 5.74) is 0. The van der Waals surface area contributed by atoms with Crippen molar-refractivity contribution in [3.63, 3.8) is 0 Å². The number of sulfone groups is 1. The first-order chi connectivity index (χ1) is 11.4. The molecule has 0 bridgehead atoms. The smallest absolute Gasteiger partial charge is 0.178 e. The van der Waals surface area contributed by atoms with Crippen molar-refractivity contribution in [2.75, 3.05) is 12.4 Å². The monoisotopic (exact) mass is 354 g/mol. The molecule has 6 heteroatoms. The van der Waals surface area contributed by atoms with E-state index in [2.05, 4.69) is 6.58 Å². The van der Waals surface area contributed by atoms with Gasteiger partial charge in [0.05, 0.1) is 29.5 Å². The molecule has 2 rings (SSSR count). The molecule has 0 amide bonds. The summed E-state index contributed by atoms with van der Waals surface area (Å²) in [4.78, 5) is 0.258. The second-order valence-corrected chi connectivity index (χ2v) is 8.64. The van der Waals surface area contributed by atoms with Crippen LogP contribution in [0.2, 0.25) is 0 Å². The van der Waals surface area contributed by atoms with E-state index >= 15 is 0 Å². The highest BCUT2D eigenvalue weighted by Gasteiger charge is 2.44. The van der Waals surface area contributed by atoms with Crippen LogP contribution in [0.1, 0.15) is 19.3 Å². The number of aliphatic hydroxyl groups is 3. The van der Waals surface area contributed by atoms with Gasteiger partial charge in [-0.05, 0) is 43.2 Å². The Balaban J connectivity index is 2.18. The molecule has 24 heavy (non-hydrogen) atoms. The van der Waals surface area contributed by atoms with Gasteiger partial charge in [-0.2, -0.15) is 0 Å². The van der Waals surface area contributed by atoms with E-state index in [4.69, 9.17) is 5.11 Å². The molecule has 134 valence electrons. The summed E-state index contributed by atoms with van der Waals surface area (Å²) in [6.07, 6.45) is 1.56. The van der Waals surface area contributed by atoms with Crippen molar-refractivity contribution >= 4 is 9.84 Å². The van der Waals surface area contributed by atoms with Gasteiger partial charge < -0.3 is 15.3 Å². The molecule has 0 aliphatic heterocycles. The molecule has 5 nitrogen and oxygen atoms in total. The fraction of sp³-hybridized carbons (Fsp3) is 0.556. The van der Waals surface area contributed by atoms with Gasteiger partial charge in [0, 0.05) is 5.92 Å². The molecule has 1 saturated carbocycles. The highest BCUT2D eigenvalue weighted by Crippen LogP contribution is 2.42. The Hall–Kier alpha value is -1.21. The van der Waals surface area contributed by atoms with Crippen LogP contribution in [0.5, 0.6) is 0 Å². The fourth-order valence-corrected chi connectivity index (χ4v) is 5.43. The molecular weight excluding hydrogens is 328 g/mol. The molecule has 1 aromatic carbocycles. The van der Waals surface area contributed by atoms with Crippen LogP contribution in [0.25, 0.3) is 0 Å². The number of hydrogen-bond donors (Lipinski definition) is 3. The molecule has 5 atom stereocenters. The highest BCUT2D eigenvalue weighted by atomic mass is 32.2. The van der Waals surface area contributed by atoms with Crippen LogP contribution in [0.3, 0.4) is 0 Å². The minimum atomic E-state index is -3.49. The van der Waals surface area contributed by atoms with E-state index in [0.29, 0.717) is 12.8 Å². The van der Waals surface area contributed by atoms with Crippen molar-refractivity contribution in [2.45, 2.75) is 36.4 Å². The van der Waals surface area contributed by atoms with Crippen molar-refractivity contribution in [3.8, 4) is 0 Å². The van der Waals surface area contributed by atoms with Crippen LogP contribution in [-0.4, -0.2) is 48.3 Å². The molecule has 1 aliphatic carbocycles. The summed E-state index contributed by atoms with van der Waals surface area (Å²) in [6.45, 7) is 3.36. The predicted molar refractivity (Wildman–Crippen MR) is 92.1 cm³/mol. The zero-order valence-electron chi connectivity index (χ0n) is 13.7. The summed E-state index contributed by atoms with van der Waals surface area (Å²) >= 11 is 0. The van der Waals surface area contributed by atoms with Crippen LogP contribution in [0.15, 0.2) is 47.9 Å². The van der Waals surface area contributed by atoms with Crippen LogP contribution in [-0.2, 0) is 9.84 Å².